The number of carbonyl (C=O) groups excluding carboxylic acids is 1. The van der Waals surface area contributed by atoms with Crippen LogP contribution >= 0.6 is 0 Å². The number of rotatable bonds is 5. The minimum Gasteiger partial charge on any atom is -0.372 e. The molecule has 4 rings (SSSR count). The molecule has 148 valence electrons. The van der Waals surface area contributed by atoms with E-state index in [2.05, 4.69) is 56.9 Å². The second-order valence-electron chi connectivity index (χ2n) is 8.10. The van der Waals surface area contributed by atoms with Gasteiger partial charge in [-0.2, -0.15) is 0 Å². The lowest BCUT2D eigenvalue weighted by Crippen LogP contribution is -2.33. The Morgan fingerprint density at radius 1 is 0.964 bits per heavy atom. The molecule has 2 fully saturated rings. The second kappa shape index (κ2) is 8.59. The number of benzene rings is 1. The summed E-state index contributed by atoms with van der Waals surface area (Å²) in [7, 11) is 0. The van der Waals surface area contributed by atoms with Crippen LogP contribution in [0.3, 0.4) is 0 Å². The van der Waals surface area contributed by atoms with Gasteiger partial charge in [0, 0.05) is 30.5 Å². The van der Waals surface area contributed by atoms with Gasteiger partial charge in [-0.3, -0.25) is 4.79 Å². The Hall–Kier alpha value is -2.63. The molecule has 1 aliphatic heterocycles. The van der Waals surface area contributed by atoms with Crippen molar-refractivity contribution in [2.45, 2.75) is 51.5 Å². The Morgan fingerprint density at radius 2 is 1.68 bits per heavy atom. The quantitative estimate of drug-likeness (QED) is 0.817. The minimum absolute atomic E-state index is 0.133. The smallest absolute Gasteiger partial charge is 0.272 e. The first-order chi connectivity index (χ1) is 13.7. The molecule has 1 saturated heterocycles. The zero-order valence-electron chi connectivity index (χ0n) is 16.5. The average Bonchev–Trinajstić information content (AvgIpc) is 3.23. The van der Waals surface area contributed by atoms with Gasteiger partial charge in [-0.1, -0.05) is 19.8 Å². The summed E-state index contributed by atoms with van der Waals surface area (Å²) >= 11 is 0. The molecule has 1 saturated carbocycles. The number of aromatic nitrogens is 2. The van der Waals surface area contributed by atoms with Gasteiger partial charge in [0.1, 0.15) is 0 Å². The van der Waals surface area contributed by atoms with E-state index >= 15 is 0 Å². The van der Waals surface area contributed by atoms with Crippen molar-refractivity contribution in [1.29, 1.82) is 0 Å². The second-order valence-corrected chi connectivity index (χ2v) is 8.10. The molecule has 1 aliphatic carbocycles. The van der Waals surface area contributed by atoms with Crippen LogP contribution in [0.1, 0.15) is 55.9 Å². The van der Waals surface area contributed by atoms with E-state index in [1.165, 1.54) is 31.4 Å². The van der Waals surface area contributed by atoms with Crippen LogP contribution < -0.4 is 15.5 Å². The lowest BCUT2D eigenvalue weighted by molar-refractivity contribution is 0.0932. The number of amides is 1. The molecular formula is C22H29N5O. The Morgan fingerprint density at radius 3 is 2.32 bits per heavy atom. The highest BCUT2D eigenvalue weighted by atomic mass is 16.2. The topological polar surface area (TPSA) is 70.2 Å². The third kappa shape index (κ3) is 4.61. The highest BCUT2D eigenvalue weighted by molar-refractivity contribution is 5.92. The summed E-state index contributed by atoms with van der Waals surface area (Å²) in [5, 5.41) is 14.5. The first kappa shape index (κ1) is 18.7. The van der Waals surface area contributed by atoms with Crippen molar-refractivity contribution in [3.63, 3.8) is 0 Å². The maximum absolute atomic E-state index is 12.2. The minimum atomic E-state index is -0.133. The van der Waals surface area contributed by atoms with Crippen LogP contribution in [-0.4, -0.2) is 35.2 Å². The highest BCUT2D eigenvalue weighted by Crippen LogP contribution is 2.25. The van der Waals surface area contributed by atoms with Crippen molar-refractivity contribution in [3.8, 4) is 0 Å². The summed E-state index contributed by atoms with van der Waals surface area (Å²) in [6, 6.07) is 12.2. The monoisotopic (exact) mass is 379 g/mol. The number of nitrogens with zero attached hydrogens (tertiary/aromatic N) is 3. The summed E-state index contributed by atoms with van der Waals surface area (Å²) in [5.74, 6) is 1.34. The van der Waals surface area contributed by atoms with Gasteiger partial charge < -0.3 is 15.5 Å². The van der Waals surface area contributed by atoms with E-state index in [0.29, 0.717) is 11.5 Å². The van der Waals surface area contributed by atoms with Gasteiger partial charge in [-0.25, -0.2) is 0 Å². The average molecular weight is 380 g/mol. The molecule has 1 aromatic carbocycles. The number of piperidine rings is 1. The Balaban J connectivity index is 1.33. The lowest BCUT2D eigenvalue weighted by atomic mass is 9.99. The van der Waals surface area contributed by atoms with Crippen molar-refractivity contribution in [2.24, 2.45) is 5.92 Å². The number of nitrogens with one attached hydrogen (secondary N) is 2. The summed E-state index contributed by atoms with van der Waals surface area (Å²) in [6.07, 6.45) is 7.02. The molecule has 6 nitrogen and oxygen atoms in total. The van der Waals surface area contributed by atoms with Crippen LogP contribution in [0, 0.1) is 5.92 Å². The molecule has 0 spiro atoms. The normalized spacial score (nSPS) is 18.2. The number of hydrogen-bond acceptors (Lipinski definition) is 5. The molecule has 1 aromatic heterocycles. The zero-order valence-corrected chi connectivity index (χ0v) is 16.5. The molecule has 0 radical (unpaired) electrons. The fraction of sp³-hybridized carbons (Fsp3) is 0.500. The van der Waals surface area contributed by atoms with E-state index in [-0.39, 0.29) is 11.9 Å². The van der Waals surface area contributed by atoms with E-state index in [1.54, 1.807) is 12.1 Å². The highest BCUT2D eigenvalue weighted by Gasteiger charge is 2.19. The standard InChI is InChI=1S/C22H29N5O/c1-16-12-14-27(15-13-16)19-8-6-18(7-9-19)23-21-11-10-20(25-26-21)22(28)24-17-4-2-3-5-17/h6-11,16-17H,2-5,12-15H2,1H3,(H,23,26)(H,24,28). The molecule has 2 N–H and O–H groups in total. The Labute approximate surface area is 166 Å². The van der Waals surface area contributed by atoms with Crippen molar-refractivity contribution >= 4 is 23.1 Å². The van der Waals surface area contributed by atoms with Crippen molar-refractivity contribution in [1.82, 2.24) is 15.5 Å². The number of hydrogen-bond donors (Lipinski definition) is 2. The van der Waals surface area contributed by atoms with Crippen LogP contribution in [0.5, 0.6) is 0 Å². The molecule has 0 atom stereocenters. The van der Waals surface area contributed by atoms with Crippen LogP contribution in [0.25, 0.3) is 0 Å². The first-order valence-corrected chi connectivity index (χ1v) is 10.4. The maximum atomic E-state index is 12.2. The SMILES string of the molecule is CC1CCN(c2ccc(Nc3ccc(C(=O)NC4CCCC4)nn3)cc2)CC1. The van der Waals surface area contributed by atoms with Gasteiger partial charge in [0.05, 0.1) is 0 Å². The maximum Gasteiger partial charge on any atom is 0.272 e. The van der Waals surface area contributed by atoms with Gasteiger partial charge in [-0.05, 0) is 68.0 Å². The van der Waals surface area contributed by atoms with E-state index in [0.717, 1.165) is 37.5 Å². The molecule has 28 heavy (non-hydrogen) atoms. The third-order valence-corrected chi connectivity index (χ3v) is 5.88. The van der Waals surface area contributed by atoms with Crippen molar-refractivity contribution in [2.75, 3.05) is 23.3 Å². The third-order valence-electron chi connectivity index (χ3n) is 5.88. The molecule has 0 unspecified atom stereocenters. The van der Waals surface area contributed by atoms with Crippen molar-refractivity contribution in [3.05, 3.63) is 42.1 Å². The Bertz CT molecular complexity index is 776. The summed E-state index contributed by atoms with van der Waals surface area (Å²) in [6.45, 7) is 4.59. The lowest BCUT2D eigenvalue weighted by Gasteiger charge is -2.32. The molecular weight excluding hydrogens is 350 g/mol. The molecule has 2 aliphatic rings. The predicted octanol–water partition coefficient (Wildman–Crippen LogP) is 4.13. The fourth-order valence-electron chi connectivity index (χ4n) is 4.02. The van der Waals surface area contributed by atoms with Crippen molar-refractivity contribution < 1.29 is 4.79 Å². The van der Waals surface area contributed by atoms with E-state index in [4.69, 9.17) is 0 Å². The van der Waals surface area contributed by atoms with Gasteiger partial charge >= 0.3 is 0 Å². The van der Waals surface area contributed by atoms with Crippen LogP contribution in [-0.2, 0) is 0 Å². The zero-order chi connectivity index (χ0) is 19.3. The number of anilines is 3. The molecule has 2 aromatic rings. The molecule has 6 heteroatoms. The van der Waals surface area contributed by atoms with E-state index in [9.17, 15) is 4.79 Å². The largest absolute Gasteiger partial charge is 0.372 e. The predicted molar refractivity (Wildman–Crippen MR) is 112 cm³/mol. The number of carbonyl (C=O) groups is 1. The van der Waals surface area contributed by atoms with Gasteiger partial charge in [-0.15, -0.1) is 10.2 Å². The van der Waals surface area contributed by atoms with E-state index < -0.39 is 0 Å². The van der Waals surface area contributed by atoms with Crippen LogP contribution in [0.15, 0.2) is 36.4 Å². The summed E-state index contributed by atoms with van der Waals surface area (Å²) < 4.78 is 0. The summed E-state index contributed by atoms with van der Waals surface area (Å²) in [5.41, 5.74) is 2.60. The van der Waals surface area contributed by atoms with E-state index in [1.807, 2.05) is 0 Å². The van der Waals surface area contributed by atoms with Gasteiger partial charge in [0.2, 0.25) is 0 Å². The Kier molecular flexibility index (Phi) is 5.74. The van der Waals surface area contributed by atoms with Gasteiger partial charge in [0.25, 0.3) is 5.91 Å². The van der Waals surface area contributed by atoms with Gasteiger partial charge in [0.15, 0.2) is 11.5 Å². The summed E-state index contributed by atoms with van der Waals surface area (Å²) in [4.78, 5) is 14.7. The first-order valence-electron chi connectivity index (χ1n) is 10.4. The molecule has 0 bridgehead atoms. The molecule has 2 heterocycles. The molecule has 1 amide bonds. The fourth-order valence-corrected chi connectivity index (χ4v) is 4.02. The van der Waals surface area contributed by atoms with Crippen LogP contribution in [0.4, 0.5) is 17.2 Å². The van der Waals surface area contributed by atoms with Crippen LogP contribution in [0.2, 0.25) is 0 Å².